The van der Waals surface area contributed by atoms with Crippen molar-refractivity contribution >= 4 is 11.2 Å². The van der Waals surface area contributed by atoms with E-state index in [1.54, 1.807) is 12.1 Å². The number of halogens is 2. The molecule has 4 nitrogen and oxygen atoms in total. The molecule has 2 heterocycles. The largest absolute Gasteiger partial charge is 0.478 e. The van der Waals surface area contributed by atoms with Crippen molar-refractivity contribution in [3.8, 4) is 17.3 Å². The van der Waals surface area contributed by atoms with Crippen LogP contribution < -0.4 is 4.74 Å². The molecule has 3 rings (SSSR count). The van der Waals surface area contributed by atoms with Crippen LogP contribution in [-0.2, 0) is 0 Å². The van der Waals surface area contributed by atoms with Gasteiger partial charge in [-0.3, -0.25) is 0 Å². The Balaban J connectivity index is 2.05. The Labute approximate surface area is 113 Å². The fraction of sp³-hybridized carbons (Fsp3) is 0.143. The minimum atomic E-state index is -0.911. The van der Waals surface area contributed by atoms with Gasteiger partial charge in [0.1, 0.15) is 5.82 Å². The lowest BCUT2D eigenvalue weighted by atomic mass is 10.2. The van der Waals surface area contributed by atoms with Gasteiger partial charge in [0.2, 0.25) is 5.88 Å². The molecule has 1 N–H and O–H groups in total. The molecule has 0 aliphatic carbocycles. The number of aromatic nitrogens is 3. The zero-order chi connectivity index (χ0) is 14.1. The van der Waals surface area contributed by atoms with Crippen molar-refractivity contribution in [3.63, 3.8) is 0 Å². The number of hydrogen-bond acceptors (Lipinski definition) is 3. The molecule has 0 spiro atoms. The van der Waals surface area contributed by atoms with Crippen molar-refractivity contribution < 1.29 is 13.5 Å². The Morgan fingerprint density at radius 1 is 1.10 bits per heavy atom. The summed E-state index contributed by atoms with van der Waals surface area (Å²) in [7, 11) is 0. The van der Waals surface area contributed by atoms with Gasteiger partial charge in [-0.2, -0.15) is 4.98 Å². The first-order valence-corrected chi connectivity index (χ1v) is 6.12. The number of benzene rings is 1. The van der Waals surface area contributed by atoms with Gasteiger partial charge in [-0.15, -0.1) is 0 Å². The number of nitrogens with zero attached hydrogens (tertiary/aromatic N) is 2. The third-order valence-corrected chi connectivity index (χ3v) is 2.81. The summed E-state index contributed by atoms with van der Waals surface area (Å²) in [6.45, 7) is 2.38. The summed E-state index contributed by atoms with van der Waals surface area (Å²) in [4.78, 5) is 11.5. The summed E-state index contributed by atoms with van der Waals surface area (Å²) in [5, 5.41) is 0. The fourth-order valence-corrected chi connectivity index (χ4v) is 1.88. The molecule has 20 heavy (non-hydrogen) atoms. The van der Waals surface area contributed by atoms with Gasteiger partial charge in [0.25, 0.3) is 0 Å². The molecule has 0 aliphatic rings. The summed E-state index contributed by atoms with van der Waals surface area (Å²) in [5.41, 5.74) is 1.63. The lowest BCUT2D eigenvalue weighted by Crippen LogP contribution is -1.93. The van der Waals surface area contributed by atoms with Crippen molar-refractivity contribution in [2.45, 2.75) is 6.92 Å². The van der Waals surface area contributed by atoms with Crippen LogP contribution in [0.1, 0.15) is 6.92 Å². The highest BCUT2D eigenvalue weighted by Gasteiger charge is 2.10. The predicted molar refractivity (Wildman–Crippen MR) is 70.4 cm³/mol. The molecule has 2 aromatic heterocycles. The maximum Gasteiger partial charge on any atom is 0.215 e. The van der Waals surface area contributed by atoms with E-state index < -0.39 is 11.6 Å². The molecule has 0 bridgehead atoms. The van der Waals surface area contributed by atoms with E-state index in [0.717, 1.165) is 12.1 Å². The maximum atomic E-state index is 13.2. The number of pyridine rings is 1. The van der Waals surface area contributed by atoms with Crippen molar-refractivity contribution in [2.75, 3.05) is 6.61 Å². The smallest absolute Gasteiger partial charge is 0.215 e. The average molecular weight is 275 g/mol. The molecule has 102 valence electrons. The SMILES string of the molecule is CCOc1ccc2[nH]c(-c3ccc(F)c(F)c3)nc2n1. The van der Waals surface area contributed by atoms with Crippen LogP contribution in [0.4, 0.5) is 8.78 Å². The number of nitrogens with one attached hydrogen (secondary N) is 1. The standard InChI is InChI=1S/C14H11F2N3O/c1-2-20-12-6-5-11-14(18-12)19-13(17-11)8-3-4-9(15)10(16)7-8/h3-7H,2H2,1H3,(H,17,18,19). The Bertz CT molecular complexity index is 770. The van der Waals surface area contributed by atoms with E-state index in [4.69, 9.17) is 4.74 Å². The molecule has 0 atom stereocenters. The zero-order valence-electron chi connectivity index (χ0n) is 10.7. The number of hydrogen-bond donors (Lipinski definition) is 1. The molecular weight excluding hydrogens is 264 g/mol. The first-order chi connectivity index (χ1) is 9.67. The third-order valence-electron chi connectivity index (χ3n) is 2.81. The fourth-order valence-electron chi connectivity index (χ4n) is 1.88. The Morgan fingerprint density at radius 2 is 1.95 bits per heavy atom. The van der Waals surface area contributed by atoms with E-state index in [1.807, 2.05) is 6.92 Å². The van der Waals surface area contributed by atoms with Crippen molar-refractivity contribution in [1.82, 2.24) is 15.0 Å². The van der Waals surface area contributed by atoms with Crippen molar-refractivity contribution in [3.05, 3.63) is 42.0 Å². The number of imidazole rings is 1. The minimum absolute atomic E-state index is 0.431. The van der Waals surface area contributed by atoms with Crippen LogP contribution in [0.2, 0.25) is 0 Å². The van der Waals surface area contributed by atoms with Crippen LogP contribution in [-0.4, -0.2) is 21.6 Å². The number of rotatable bonds is 3. The summed E-state index contributed by atoms with van der Waals surface area (Å²) in [6, 6.07) is 7.12. The van der Waals surface area contributed by atoms with Crippen LogP contribution in [0, 0.1) is 11.6 Å². The van der Waals surface area contributed by atoms with E-state index in [0.29, 0.717) is 35.0 Å². The third kappa shape index (κ3) is 2.20. The Morgan fingerprint density at radius 3 is 2.70 bits per heavy atom. The Hall–Kier alpha value is -2.50. The van der Waals surface area contributed by atoms with Crippen LogP contribution in [0.15, 0.2) is 30.3 Å². The summed E-state index contributed by atoms with van der Waals surface area (Å²) in [5.74, 6) is -0.893. The van der Waals surface area contributed by atoms with Gasteiger partial charge in [0.05, 0.1) is 12.1 Å². The molecule has 0 amide bonds. The normalized spacial score (nSPS) is 10.9. The summed E-state index contributed by atoms with van der Waals surface area (Å²) >= 11 is 0. The summed E-state index contributed by atoms with van der Waals surface area (Å²) in [6.07, 6.45) is 0. The molecule has 0 saturated carbocycles. The van der Waals surface area contributed by atoms with Crippen molar-refractivity contribution in [1.29, 1.82) is 0 Å². The maximum absolute atomic E-state index is 13.2. The topological polar surface area (TPSA) is 50.8 Å². The van der Waals surface area contributed by atoms with E-state index in [-0.39, 0.29) is 0 Å². The Kier molecular flexibility index (Phi) is 3.06. The molecule has 0 radical (unpaired) electrons. The second-order valence-corrected chi connectivity index (χ2v) is 4.17. The lowest BCUT2D eigenvalue weighted by molar-refractivity contribution is 0.328. The monoisotopic (exact) mass is 275 g/mol. The van der Waals surface area contributed by atoms with Gasteiger partial charge in [0.15, 0.2) is 17.3 Å². The highest BCUT2D eigenvalue weighted by Crippen LogP contribution is 2.22. The highest BCUT2D eigenvalue weighted by atomic mass is 19.2. The van der Waals surface area contributed by atoms with Gasteiger partial charge < -0.3 is 9.72 Å². The van der Waals surface area contributed by atoms with Gasteiger partial charge in [-0.1, -0.05) is 0 Å². The van der Waals surface area contributed by atoms with E-state index in [1.165, 1.54) is 6.07 Å². The van der Waals surface area contributed by atoms with Gasteiger partial charge >= 0.3 is 0 Å². The second-order valence-electron chi connectivity index (χ2n) is 4.17. The minimum Gasteiger partial charge on any atom is -0.478 e. The number of fused-ring (bicyclic) bond motifs is 1. The summed E-state index contributed by atoms with van der Waals surface area (Å²) < 4.78 is 31.4. The molecular formula is C14H11F2N3O. The average Bonchev–Trinajstić information content (AvgIpc) is 2.85. The van der Waals surface area contributed by atoms with E-state index in [9.17, 15) is 8.78 Å². The number of ether oxygens (including phenoxy) is 1. The number of H-pyrrole nitrogens is 1. The molecule has 0 unspecified atom stereocenters. The van der Waals surface area contributed by atoms with Crippen LogP contribution in [0.3, 0.4) is 0 Å². The molecule has 0 saturated heterocycles. The lowest BCUT2D eigenvalue weighted by Gasteiger charge is -1.99. The highest BCUT2D eigenvalue weighted by molar-refractivity contribution is 5.76. The van der Waals surface area contributed by atoms with Crippen LogP contribution in [0.25, 0.3) is 22.6 Å². The zero-order valence-corrected chi connectivity index (χ0v) is 10.7. The van der Waals surface area contributed by atoms with Gasteiger partial charge in [-0.25, -0.2) is 13.8 Å². The molecule has 0 fully saturated rings. The van der Waals surface area contributed by atoms with Gasteiger partial charge in [0, 0.05) is 11.6 Å². The van der Waals surface area contributed by atoms with Crippen molar-refractivity contribution in [2.24, 2.45) is 0 Å². The quantitative estimate of drug-likeness (QED) is 0.798. The molecule has 3 aromatic rings. The van der Waals surface area contributed by atoms with E-state index >= 15 is 0 Å². The first kappa shape index (κ1) is 12.5. The number of aromatic amines is 1. The molecule has 1 aromatic carbocycles. The van der Waals surface area contributed by atoms with E-state index in [2.05, 4.69) is 15.0 Å². The second kappa shape index (κ2) is 4.88. The first-order valence-electron chi connectivity index (χ1n) is 6.12. The molecule has 0 aliphatic heterocycles. The molecule has 6 heteroatoms. The predicted octanol–water partition coefficient (Wildman–Crippen LogP) is 3.30. The van der Waals surface area contributed by atoms with Crippen LogP contribution in [0.5, 0.6) is 5.88 Å². The van der Waals surface area contributed by atoms with Gasteiger partial charge in [-0.05, 0) is 31.2 Å². The van der Waals surface area contributed by atoms with Crippen LogP contribution >= 0.6 is 0 Å².